The highest BCUT2D eigenvalue weighted by Gasteiger charge is 2.27. The predicted octanol–water partition coefficient (Wildman–Crippen LogP) is 0.505. The zero-order valence-corrected chi connectivity index (χ0v) is 11.3. The van der Waals surface area contributed by atoms with Crippen molar-refractivity contribution in [3.05, 3.63) is 22.5 Å². The Hall–Kier alpha value is -2.45. The summed E-state index contributed by atoms with van der Waals surface area (Å²) in [6.45, 7) is 1.02. The van der Waals surface area contributed by atoms with E-state index in [0.29, 0.717) is 19.4 Å². The van der Waals surface area contributed by atoms with Crippen molar-refractivity contribution in [2.24, 2.45) is 5.92 Å². The van der Waals surface area contributed by atoms with Gasteiger partial charge in [-0.15, -0.1) is 0 Å². The molecule has 0 spiro atoms. The SMILES string of the molecule is O=C(O)C1CCCN(C(=O)CCn2cc([N+](=O)[O-])cn2)C1. The van der Waals surface area contributed by atoms with Gasteiger partial charge in [0.05, 0.1) is 10.8 Å². The Morgan fingerprint density at radius 1 is 1.52 bits per heavy atom. The Bertz CT molecular complexity index is 556. The molecule has 1 aromatic rings. The van der Waals surface area contributed by atoms with Gasteiger partial charge in [0.1, 0.15) is 12.4 Å². The number of amides is 1. The fraction of sp³-hybridized carbons (Fsp3) is 0.583. The maximum Gasteiger partial charge on any atom is 0.308 e. The molecule has 1 saturated heterocycles. The zero-order valence-electron chi connectivity index (χ0n) is 11.3. The van der Waals surface area contributed by atoms with Crippen LogP contribution >= 0.6 is 0 Å². The average Bonchev–Trinajstić information content (AvgIpc) is 2.94. The summed E-state index contributed by atoms with van der Waals surface area (Å²) in [7, 11) is 0. The smallest absolute Gasteiger partial charge is 0.308 e. The molecule has 2 rings (SSSR count). The second-order valence-corrected chi connectivity index (χ2v) is 4.99. The molecule has 21 heavy (non-hydrogen) atoms. The first-order chi connectivity index (χ1) is 9.97. The van der Waals surface area contributed by atoms with Crippen LogP contribution in [0.4, 0.5) is 5.69 Å². The van der Waals surface area contributed by atoms with Gasteiger partial charge in [0.15, 0.2) is 0 Å². The number of rotatable bonds is 5. The largest absolute Gasteiger partial charge is 0.481 e. The van der Waals surface area contributed by atoms with Crippen LogP contribution in [-0.2, 0) is 16.1 Å². The molecule has 1 unspecified atom stereocenters. The van der Waals surface area contributed by atoms with Crippen LogP contribution in [0.25, 0.3) is 0 Å². The Balaban J connectivity index is 1.86. The summed E-state index contributed by atoms with van der Waals surface area (Å²) in [5.41, 5.74) is -0.119. The van der Waals surface area contributed by atoms with Crippen LogP contribution in [0.1, 0.15) is 19.3 Å². The summed E-state index contributed by atoms with van der Waals surface area (Å²) in [5, 5.41) is 23.3. The van der Waals surface area contributed by atoms with E-state index in [1.54, 1.807) is 4.90 Å². The molecule has 1 atom stereocenters. The molecule has 9 heteroatoms. The monoisotopic (exact) mass is 296 g/mol. The van der Waals surface area contributed by atoms with Crippen molar-refractivity contribution in [2.75, 3.05) is 13.1 Å². The second kappa shape index (κ2) is 6.33. The number of aryl methyl sites for hydroxylation is 1. The lowest BCUT2D eigenvalue weighted by Crippen LogP contribution is -2.42. The van der Waals surface area contributed by atoms with Crippen molar-refractivity contribution in [3.8, 4) is 0 Å². The van der Waals surface area contributed by atoms with Gasteiger partial charge in [0, 0.05) is 26.1 Å². The molecule has 2 heterocycles. The first kappa shape index (κ1) is 14.9. The molecule has 1 aromatic heterocycles. The summed E-state index contributed by atoms with van der Waals surface area (Å²) in [6.07, 6.45) is 3.81. The minimum atomic E-state index is -0.879. The average molecular weight is 296 g/mol. The van der Waals surface area contributed by atoms with Gasteiger partial charge >= 0.3 is 11.7 Å². The number of carbonyl (C=O) groups excluding carboxylic acids is 1. The van der Waals surface area contributed by atoms with E-state index in [1.807, 2.05) is 0 Å². The van der Waals surface area contributed by atoms with Crippen molar-refractivity contribution in [2.45, 2.75) is 25.8 Å². The molecule has 1 N–H and O–H groups in total. The van der Waals surface area contributed by atoms with Crippen molar-refractivity contribution in [3.63, 3.8) is 0 Å². The van der Waals surface area contributed by atoms with Crippen molar-refractivity contribution < 1.29 is 19.6 Å². The van der Waals surface area contributed by atoms with E-state index < -0.39 is 16.8 Å². The van der Waals surface area contributed by atoms with Crippen LogP contribution in [-0.4, -0.2) is 49.7 Å². The number of carboxylic acids is 1. The fourth-order valence-electron chi connectivity index (χ4n) is 2.34. The molecule has 0 aromatic carbocycles. The summed E-state index contributed by atoms with van der Waals surface area (Å²) in [5.74, 6) is -1.54. The van der Waals surface area contributed by atoms with Gasteiger partial charge < -0.3 is 10.0 Å². The highest BCUT2D eigenvalue weighted by Crippen LogP contribution is 2.17. The predicted molar refractivity (Wildman–Crippen MR) is 70.4 cm³/mol. The Morgan fingerprint density at radius 3 is 2.90 bits per heavy atom. The third kappa shape index (κ3) is 3.77. The maximum absolute atomic E-state index is 12.0. The van der Waals surface area contributed by atoms with Gasteiger partial charge in [-0.3, -0.25) is 24.4 Å². The van der Waals surface area contributed by atoms with Gasteiger partial charge in [-0.05, 0) is 12.8 Å². The van der Waals surface area contributed by atoms with E-state index in [-0.39, 0.29) is 31.1 Å². The van der Waals surface area contributed by atoms with Crippen LogP contribution in [0.5, 0.6) is 0 Å². The second-order valence-electron chi connectivity index (χ2n) is 4.99. The number of carboxylic acid groups (broad SMARTS) is 1. The highest BCUT2D eigenvalue weighted by atomic mass is 16.6. The van der Waals surface area contributed by atoms with Crippen LogP contribution in [0.3, 0.4) is 0 Å². The number of nitrogens with zero attached hydrogens (tertiary/aromatic N) is 4. The first-order valence-corrected chi connectivity index (χ1v) is 6.65. The molecule has 1 aliphatic heterocycles. The number of piperidine rings is 1. The number of aliphatic carboxylic acids is 1. The van der Waals surface area contributed by atoms with E-state index in [4.69, 9.17) is 5.11 Å². The summed E-state index contributed by atoms with van der Waals surface area (Å²) in [6, 6.07) is 0. The number of carbonyl (C=O) groups is 2. The molecule has 0 bridgehead atoms. The molecule has 0 aliphatic carbocycles. The Kier molecular flexibility index (Phi) is 4.51. The molecule has 1 fully saturated rings. The molecule has 114 valence electrons. The number of aromatic nitrogens is 2. The van der Waals surface area contributed by atoms with Gasteiger partial charge in [0.2, 0.25) is 5.91 Å². The number of likely N-dealkylation sites (tertiary alicyclic amines) is 1. The first-order valence-electron chi connectivity index (χ1n) is 6.65. The number of hydrogen-bond donors (Lipinski definition) is 1. The van der Waals surface area contributed by atoms with Gasteiger partial charge in [-0.25, -0.2) is 0 Å². The molecule has 1 amide bonds. The quantitative estimate of drug-likeness (QED) is 0.624. The lowest BCUT2D eigenvalue weighted by Gasteiger charge is -2.30. The Morgan fingerprint density at radius 2 is 2.29 bits per heavy atom. The minimum absolute atomic E-state index is 0.119. The number of hydrogen-bond acceptors (Lipinski definition) is 5. The van der Waals surface area contributed by atoms with E-state index in [1.165, 1.54) is 10.9 Å². The van der Waals surface area contributed by atoms with E-state index >= 15 is 0 Å². The zero-order chi connectivity index (χ0) is 15.4. The molecule has 9 nitrogen and oxygen atoms in total. The molecule has 0 saturated carbocycles. The highest BCUT2D eigenvalue weighted by molar-refractivity contribution is 5.78. The summed E-state index contributed by atoms with van der Waals surface area (Å²) in [4.78, 5) is 34.5. The van der Waals surface area contributed by atoms with Crippen LogP contribution < -0.4 is 0 Å². The Labute approximate surface area is 120 Å². The van der Waals surface area contributed by atoms with Gasteiger partial charge in [-0.1, -0.05) is 0 Å². The summed E-state index contributed by atoms with van der Waals surface area (Å²) >= 11 is 0. The minimum Gasteiger partial charge on any atom is -0.481 e. The van der Waals surface area contributed by atoms with E-state index in [0.717, 1.165) is 6.20 Å². The molecular formula is C12H16N4O5. The maximum atomic E-state index is 12.0. The van der Waals surface area contributed by atoms with Crippen molar-refractivity contribution in [1.82, 2.24) is 14.7 Å². The number of nitro groups is 1. The molecular weight excluding hydrogens is 280 g/mol. The van der Waals surface area contributed by atoms with Crippen LogP contribution in [0.2, 0.25) is 0 Å². The fourth-order valence-corrected chi connectivity index (χ4v) is 2.34. The topological polar surface area (TPSA) is 119 Å². The van der Waals surface area contributed by atoms with Crippen LogP contribution in [0, 0.1) is 16.0 Å². The van der Waals surface area contributed by atoms with Crippen molar-refractivity contribution in [1.29, 1.82) is 0 Å². The lowest BCUT2D eigenvalue weighted by molar-refractivity contribution is -0.385. The third-order valence-electron chi connectivity index (χ3n) is 3.51. The third-order valence-corrected chi connectivity index (χ3v) is 3.51. The summed E-state index contributed by atoms with van der Waals surface area (Å²) < 4.78 is 1.34. The molecule has 0 radical (unpaired) electrons. The van der Waals surface area contributed by atoms with Gasteiger partial charge in [-0.2, -0.15) is 5.10 Å². The van der Waals surface area contributed by atoms with Crippen molar-refractivity contribution >= 4 is 17.6 Å². The van der Waals surface area contributed by atoms with Gasteiger partial charge in [0.25, 0.3) is 0 Å². The van der Waals surface area contributed by atoms with E-state index in [2.05, 4.69) is 5.10 Å². The van der Waals surface area contributed by atoms with E-state index in [9.17, 15) is 19.7 Å². The standard InChI is InChI=1S/C12H16N4O5/c17-11(14-4-1-2-9(7-14)12(18)19)3-5-15-8-10(6-13-15)16(20)21/h6,8-9H,1-5,7H2,(H,18,19). The lowest BCUT2D eigenvalue weighted by atomic mass is 9.98. The van der Waals surface area contributed by atoms with Crippen LogP contribution in [0.15, 0.2) is 12.4 Å². The normalized spacial score (nSPS) is 18.5. The molecule has 1 aliphatic rings.